The first-order valence-corrected chi connectivity index (χ1v) is 7.74. The summed E-state index contributed by atoms with van der Waals surface area (Å²) in [6.07, 6.45) is 0. The van der Waals surface area contributed by atoms with E-state index in [0.29, 0.717) is 30.2 Å². The Hall–Kier alpha value is -2.53. The van der Waals surface area contributed by atoms with Crippen molar-refractivity contribution < 1.29 is 9.53 Å². The van der Waals surface area contributed by atoms with Crippen molar-refractivity contribution >= 4 is 23.0 Å². The molecule has 5 nitrogen and oxygen atoms in total. The number of rotatable bonds is 3. The smallest absolute Gasteiger partial charge is 0.255 e. The largest absolute Gasteiger partial charge is 0.397 e. The summed E-state index contributed by atoms with van der Waals surface area (Å²) in [5.74, 6) is -0.123. The van der Waals surface area contributed by atoms with Crippen molar-refractivity contribution in [2.75, 3.05) is 42.3 Å². The van der Waals surface area contributed by atoms with E-state index < -0.39 is 0 Å². The summed E-state index contributed by atoms with van der Waals surface area (Å²) in [7, 11) is 0. The number of hydrogen-bond acceptors (Lipinski definition) is 4. The highest BCUT2D eigenvalue weighted by atomic mass is 16.5. The second kappa shape index (κ2) is 6.71. The Labute approximate surface area is 136 Å². The third-order valence-corrected chi connectivity index (χ3v) is 4.03. The lowest BCUT2D eigenvalue weighted by Gasteiger charge is -2.30. The zero-order valence-corrected chi connectivity index (χ0v) is 13.2. The highest BCUT2D eigenvalue weighted by Gasteiger charge is 2.15. The first-order chi connectivity index (χ1) is 11.1. The normalized spacial score (nSPS) is 14.6. The number of nitrogens with two attached hydrogens (primary N) is 1. The van der Waals surface area contributed by atoms with Gasteiger partial charge in [-0.05, 0) is 36.8 Å². The lowest BCUT2D eigenvalue weighted by molar-refractivity contribution is 0.102. The molecule has 1 aliphatic heterocycles. The van der Waals surface area contributed by atoms with E-state index >= 15 is 0 Å². The average Bonchev–Trinajstić information content (AvgIpc) is 2.56. The molecule has 1 heterocycles. The van der Waals surface area contributed by atoms with Gasteiger partial charge in [-0.1, -0.05) is 18.2 Å². The van der Waals surface area contributed by atoms with Crippen LogP contribution in [-0.4, -0.2) is 32.2 Å². The first-order valence-electron chi connectivity index (χ1n) is 7.74. The fraction of sp³-hybridized carbons (Fsp3) is 0.278. The molecule has 3 rings (SSSR count). The number of ether oxygens (including phenoxy) is 1. The molecule has 5 heteroatoms. The molecule has 0 saturated carbocycles. The maximum Gasteiger partial charge on any atom is 0.255 e. The molecule has 2 aromatic rings. The van der Waals surface area contributed by atoms with Crippen molar-refractivity contribution in [2.24, 2.45) is 0 Å². The second-order valence-electron chi connectivity index (χ2n) is 5.64. The van der Waals surface area contributed by atoms with Gasteiger partial charge < -0.3 is 20.7 Å². The Morgan fingerprint density at radius 1 is 1.17 bits per heavy atom. The van der Waals surface area contributed by atoms with Crippen molar-refractivity contribution in [2.45, 2.75) is 6.92 Å². The van der Waals surface area contributed by atoms with Crippen LogP contribution in [-0.2, 0) is 4.74 Å². The Balaban J connectivity index is 1.75. The van der Waals surface area contributed by atoms with Gasteiger partial charge in [0.05, 0.1) is 24.6 Å². The molecule has 3 N–H and O–H groups in total. The van der Waals surface area contributed by atoms with Gasteiger partial charge in [-0.2, -0.15) is 0 Å². The molecule has 0 radical (unpaired) electrons. The summed E-state index contributed by atoms with van der Waals surface area (Å²) in [6, 6.07) is 13.2. The second-order valence-corrected chi connectivity index (χ2v) is 5.64. The van der Waals surface area contributed by atoms with Crippen LogP contribution >= 0.6 is 0 Å². The lowest BCUT2D eigenvalue weighted by Crippen LogP contribution is -2.36. The predicted octanol–water partition coefficient (Wildman–Crippen LogP) is 2.67. The summed E-state index contributed by atoms with van der Waals surface area (Å²) in [4.78, 5) is 14.6. The van der Waals surface area contributed by atoms with Gasteiger partial charge >= 0.3 is 0 Å². The molecule has 0 aromatic heterocycles. The van der Waals surface area contributed by atoms with Crippen LogP contribution in [0, 0.1) is 6.92 Å². The van der Waals surface area contributed by atoms with Gasteiger partial charge in [-0.15, -0.1) is 0 Å². The van der Waals surface area contributed by atoms with Crippen molar-refractivity contribution in [3.63, 3.8) is 0 Å². The standard InChI is InChI=1S/C18H21N3O2/c1-13-4-2-3-5-15(13)18(22)20-14-6-7-17(16(19)12-14)21-8-10-23-11-9-21/h2-7,12H,8-11,19H2,1H3,(H,20,22). The molecular weight excluding hydrogens is 290 g/mol. The molecule has 0 unspecified atom stereocenters. The van der Waals surface area contributed by atoms with Gasteiger partial charge in [0, 0.05) is 24.3 Å². The number of aryl methyl sites for hydroxylation is 1. The minimum Gasteiger partial charge on any atom is -0.397 e. The number of nitrogens with one attached hydrogen (secondary N) is 1. The Morgan fingerprint density at radius 3 is 2.61 bits per heavy atom. The third kappa shape index (κ3) is 3.46. The number of amides is 1. The van der Waals surface area contributed by atoms with Crippen LogP contribution in [0.2, 0.25) is 0 Å². The molecule has 0 bridgehead atoms. The molecule has 1 fully saturated rings. The molecule has 0 aliphatic carbocycles. The van der Waals surface area contributed by atoms with E-state index in [1.165, 1.54) is 0 Å². The first kappa shape index (κ1) is 15.4. The molecule has 0 spiro atoms. The fourth-order valence-corrected chi connectivity index (χ4v) is 2.75. The van der Waals surface area contributed by atoms with Gasteiger partial charge in [0.15, 0.2) is 0 Å². The zero-order valence-electron chi connectivity index (χ0n) is 13.2. The van der Waals surface area contributed by atoms with Crippen molar-refractivity contribution in [1.29, 1.82) is 0 Å². The van der Waals surface area contributed by atoms with E-state index in [-0.39, 0.29) is 5.91 Å². The fourth-order valence-electron chi connectivity index (χ4n) is 2.75. The van der Waals surface area contributed by atoms with E-state index in [2.05, 4.69) is 10.2 Å². The maximum atomic E-state index is 12.4. The van der Waals surface area contributed by atoms with Crippen LogP contribution < -0.4 is 16.0 Å². The monoisotopic (exact) mass is 311 g/mol. The highest BCUT2D eigenvalue weighted by Crippen LogP contribution is 2.27. The van der Waals surface area contributed by atoms with Gasteiger partial charge in [-0.25, -0.2) is 0 Å². The minimum atomic E-state index is -0.123. The number of hydrogen-bond donors (Lipinski definition) is 2. The number of carbonyl (C=O) groups is 1. The number of nitrogen functional groups attached to an aromatic ring is 1. The molecule has 120 valence electrons. The summed E-state index contributed by atoms with van der Waals surface area (Å²) in [5, 5.41) is 2.91. The molecule has 2 aromatic carbocycles. The molecule has 1 saturated heterocycles. The number of morpholine rings is 1. The number of carbonyl (C=O) groups excluding carboxylic acids is 1. The SMILES string of the molecule is Cc1ccccc1C(=O)Nc1ccc(N2CCOCC2)c(N)c1. The van der Waals surface area contributed by atoms with E-state index in [9.17, 15) is 4.79 Å². The predicted molar refractivity (Wildman–Crippen MR) is 93.0 cm³/mol. The molecule has 1 amide bonds. The Morgan fingerprint density at radius 2 is 1.91 bits per heavy atom. The average molecular weight is 311 g/mol. The topological polar surface area (TPSA) is 67.6 Å². The van der Waals surface area contributed by atoms with E-state index in [1.54, 1.807) is 6.07 Å². The summed E-state index contributed by atoms with van der Waals surface area (Å²) < 4.78 is 5.36. The molecule has 0 atom stereocenters. The molecular formula is C18H21N3O2. The van der Waals surface area contributed by atoms with Crippen LogP contribution in [0.4, 0.5) is 17.1 Å². The number of nitrogens with zero attached hydrogens (tertiary/aromatic N) is 1. The number of anilines is 3. The lowest BCUT2D eigenvalue weighted by atomic mass is 10.1. The quantitative estimate of drug-likeness (QED) is 0.855. The van der Waals surface area contributed by atoms with Crippen LogP contribution in [0.5, 0.6) is 0 Å². The molecule has 23 heavy (non-hydrogen) atoms. The Bertz CT molecular complexity index is 709. The minimum absolute atomic E-state index is 0.123. The van der Waals surface area contributed by atoms with Crippen molar-refractivity contribution in [1.82, 2.24) is 0 Å². The van der Waals surface area contributed by atoms with Gasteiger partial charge in [0.25, 0.3) is 5.91 Å². The van der Waals surface area contributed by atoms with E-state index in [4.69, 9.17) is 10.5 Å². The van der Waals surface area contributed by atoms with Crippen LogP contribution in [0.1, 0.15) is 15.9 Å². The van der Waals surface area contributed by atoms with Crippen LogP contribution in [0.3, 0.4) is 0 Å². The summed E-state index contributed by atoms with van der Waals surface area (Å²) in [6.45, 7) is 5.01. The van der Waals surface area contributed by atoms with E-state index in [0.717, 1.165) is 24.3 Å². The van der Waals surface area contributed by atoms with Crippen LogP contribution in [0.25, 0.3) is 0 Å². The summed E-state index contributed by atoms with van der Waals surface area (Å²) >= 11 is 0. The van der Waals surface area contributed by atoms with E-state index in [1.807, 2.05) is 43.3 Å². The zero-order chi connectivity index (χ0) is 16.2. The third-order valence-electron chi connectivity index (χ3n) is 4.03. The van der Waals surface area contributed by atoms with Crippen LogP contribution in [0.15, 0.2) is 42.5 Å². The Kier molecular flexibility index (Phi) is 4.48. The molecule has 1 aliphatic rings. The summed E-state index contributed by atoms with van der Waals surface area (Å²) in [5.41, 5.74) is 10.1. The van der Waals surface area contributed by atoms with Crippen molar-refractivity contribution in [3.05, 3.63) is 53.6 Å². The maximum absolute atomic E-state index is 12.4. The van der Waals surface area contributed by atoms with Gasteiger partial charge in [-0.3, -0.25) is 4.79 Å². The van der Waals surface area contributed by atoms with Gasteiger partial charge in [0.1, 0.15) is 0 Å². The number of benzene rings is 2. The van der Waals surface area contributed by atoms with Crippen molar-refractivity contribution in [3.8, 4) is 0 Å². The highest BCUT2D eigenvalue weighted by molar-refractivity contribution is 6.05. The van der Waals surface area contributed by atoms with Gasteiger partial charge in [0.2, 0.25) is 0 Å².